The maximum atomic E-state index is 11.7. The van der Waals surface area contributed by atoms with Gasteiger partial charge in [-0.15, -0.1) is 0 Å². The molecular weight excluding hydrogens is 240 g/mol. The fraction of sp³-hybridized carbons (Fsp3) is 0.933. The number of aliphatic hydroxyl groups excluding tert-OH is 1. The molecule has 2 aliphatic rings. The third-order valence-corrected chi connectivity index (χ3v) is 5.00. The first-order valence-electron chi connectivity index (χ1n) is 7.80. The first-order chi connectivity index (χ1) is 9.10. The van der Waals surface area contributed by atoms with Crippen molar-refractivity contribution in [2.24, 2.45) is 11.3 Å². The quantitative estimate of drug-likeness (QED) is 0.717. The molecule has 0 saturated heterocycles. The van der Waals surface area contributed by atoms with Gasteiger partial charge in [-0.3, -0.25) is 0 Å². The second kappa shape index (κ2) is 6.60. The number of amides is 2. The predicted molar refractivity (Wildman–Crippen MR) is 75.9 cm³/mol. The van der Waals surface area contributed by atoms with E-state index in [4.69, 9.17) is 0 Å². The van der Waals surface area contributed by atoms with Crippen LogP contribution >= 0.6 is 0 Å². The molecule has 2 unspecified atom stereocenters. The minimum absolute atomic E-state index is 0.0849. The van der Waals surface area contributed by atoms with Crippen LogP contribution in [0.3, 0.4) is 0 Å². The Hall–Kier alpha value is -0.770. The number of aliphatic hydroxyl groups is 1. The third-order valence-electron chi connectivity index (χ3n) is 5.00. The summed E-state index contributed by atoms with van der Waals surface area (Å²) in [6, 6.07) is -0.0849. The number of carbonyl (C=O) groups excluding carboxylic acids is 1. The number of rotatable bonds is 5. The second-order valence-corrected chi connectivity index (χ2v) is 6.61. The van der Waals surface area contributed by atoms with Gasteiger partial charge in [-0.1, -0.05) is 39.0 Å². The maximum absolute atomic E-state index is 11.7. The molecule has 0 aromatic rings. The summed E-state index contributed by atoms with van der Waals surface area (Å²) >= 11 is 0. The summed E-state index contributed by atoms with van der Waals surface area (Å²) in [4.78, 5) is 11.7. The lowest BCUT2D eigenvalue weighted by molar-refractivity contribution is 0.00309. The molecule has 2 atom stereocenters. The summed E-state index contributed by atoms with van der Waals surface area (Å²) in [5.41, 5.74) is -0.149. The van der Waals surface area contributed by atoms with E-state index >= 15 is 0 Å². The summed E-state index contributed by atoms with van der Waals surface area (Å²) in [6.07, 6.45) is 8.94. The molecule has 0 aromatic heterocycles. The molecule has 0 aliphatic heterocycles. The van der Waals surface area contributed by atoms with Crippen molar-refractivity contribution in [3.8, 4) is 0 Å². The first-order valence-corrected chi connectivity index (χ1v) is 7.80. The average Bonchev–Trinajstić information content (AvgIpc) is 2.34. The van der Waals surface area contributed by atoms with E-state index in [2.05, 4.69) is 17.6 Å². The summed E-state index contributed by atoms with van der Waals surface area (Å²) < 4.78 is 0. The van der Waals surface area contributed by atoms with E-state index in [-0.39, 0.29) is 17.6 Å². The monoisotopic (exact) mass is 268 g/mol. The van der Waals surface area contributed by atoms with Gasteiger partial charge in [0.1, 0.15) is 0 Å². The summed E-state index contributed by atoms with van der Waals surface area (Å²) in [6.45, 7) is 3.42. The lowest BCUT2D eigenvalue weighted by atomic mass is 9.73. The smallest absolute Gasteiger partial charge is 0.314 e. The van der Waals surface area contributed by atoms with Crippen LogP contribution in [-0.4, -0.2) is 30.3 Å². The van der Waals surface area contributed by atoms with Gasteiger partial charge in [0.15, 0.2) is 0 Å². The van der Waals surface area contributed by atoms with Crippen LogP contribution < -0.4 is 10.6 Å². The summed E-state index contributed by atoms with van der Waals surface area (Å²) in [5.74, 6) is 0.831. The minimum Gasteiger partial charge on any atom is -0.392 e. The van der Waals surface area contributed by atoms with Crippen LogP contribution in [0, 0.1) is 11.3 Å². The maximum Gasteiger partial charge on any atom is 0.314 e. The molecule has 2 fully saturated rings. The van der Waals surface area contributed by atoms with Crippen molar-refractivity contribution in [3.63, 3.8) is 0 Å². The molecule has 2 saturated carbocycles. The molecule has 4 nitrogen and oxygen atoms in total. The lowest BCUT2D eigenvalue weighted by Gasteiger charge is -2.38. The molecular formula is C15H28N2O2. The van der Waals surface area contributed by atoms with Gasteiger partial charge in [0, 0.05) is 18.5 Å². The largest absolute Gasteiger partial charge is 0.392 e. The van der Waals surface area contributed by atoms with E-state index in [1.807, 2.05) is 0 Å². The topological polar surface area (TPSA) is 61.4 Å². The normalized spacial score (nSPS) is 31.6. The number of urea groups is 1. The summed E-state index contributed by atoms with van der Waals surface area (Å²) in [7, 11) is 0. The van der Waals surface area contributed by atoms with Gasteiger partial charge in [0.05, 0.1) is 6.10 Å². The van der Waals surface area contributed by atoms with Crippen LogP contribution in [0.15, 0.2) is 0 Å². The van der Waals surface area contributed by atoms with E-state index in [9.17, 15) is 9.90 Å². The number of hydrogen-bond donors (Lipinski definition) is 3. The Kier molecular flexibility index (Phi) is 5.08. The van der Waals surface area contributed by atoms with Gasteiger partial charge >= 0.3 is 6.03 Å². The van der Waals surface area contributed by atoms with Crippen LogP contribution in [-0.2, 0) is 0 Å². The molecule has 3 N–H and O–H groups in total. The van der Waals surface area contributed by atoms with Gasteiger partial charge in [-0.2, -0.15) is 0 Å². The van der Waals surface area contributed by atoms with Crippen molar-refractivity contribution in [3.05, 3.63) is 0 Å². The van der Waals surface area contributed by atoms with Crippen LogP contribution in [0.25, 0.3) is 0 Å². The second-order valence-electron chi connectivity index (χ2n) is 6.61. The zero-order valence-electron chi connectivity index (χ0n) is 12.1. The van der Waals surface area contributed by atoms with Gasteiger partial charge in [-0.25, -0.2) is 4.79 Å². The molecule has 4 heteroatoms. The number of hydrogen-bond acceptors (Lipinski definition) is 2. The standard InChI is InChI=1S/C15H28N2O2/c1-15(9-3-2-7-13(15)18)11-17-14(19)16-10-8-12-5-4-6-12/h12-13,18H,2-11H2,1H3,(H2,16,17,19). The van der Waals surface area contributed by atoms with Crippen molar-refractivity contribution in [2.75, 3.05) is 13.1 Å². The van der Waals surface area contributed by atoms with Crippen LogP contribution in [0.2, 0.25) is 0 Å². The van der Waals surface area contributed by atoms with E-state index in [1.54, 1.807) is 0 Å². The van der Waals surface area contributed by atoms with Gasteiger partial charge in [0.25, 0.3) is 0 Å². The minimum atomic E-state index is -0.281. The third kappa shape index (κ3) is 4.10. The van der Waals surface area contributed by atoms with Gasteiger partial charge in [-0.05, 0) is 25.2 Å². The highest BCUT2D eigenvalue weighted by Crippen LogP contribution is 2.35. The molecule has 0 radical (unpaired) electrons. The van der Waals surface area contributed by atoms with Crippen LogP contribution in [0.5, 0.6) is 0 Å². The number of nitrogens with one attached hydrogen (secondary N) is 2. The van der Waals surface area contributed by atoms with Crippen LogP contribution in [0.4, 0.5) is 4.79 Å². The van der Waals surface area contributed by atoms with Crippen molar-refractivity contribution < 1.29 is 9.90 Å². The molecule has 0 heterocycles. The Labute approximate surface area is 116 Å². The van der Waals surface area contributed by atoms with Gasteiger partial charge < -0.3 is 15.7 Å². The highest BCUT2D eigenvalue weighted by atomic mass is 16.3. The molecule has 19 heavy (non-hydrogen) atoms. The first kappa shape index (κ1) is 14.6. The van der Waals surface area contributed by atoms with E-state index in [0.29, 0.717) is 6.54 Å². The Morgan fingerprint density at radius 3 is 2.63 bits per heavy atom. The molecule has 2 aliphatic carbocycles. The Morgan fingerprint density at radius 2 is 2.00 bits per heavy atom. The van der Waals surface area contributed by atoms with Crippen molar-refractivity contribution >= 4 is 6.03 Å². The van der Waals surface area contributed by atoms with Crippen molar-refractivity contribution in [2.45, 2.75) is 64.4 Å². The highest BCUT2D eigenvalue weighted by Gasteiger charge is 2.35. The molecule has 0 bridgehead atoms. The molecule has 0 aromatic carbocycles. The fourth-order valence-electron chi connectivity index (χ4n) is 3.10. The zero-order valence-corrected chi connectivity index (χ0v) is 12.1. The zero-order chi connectivity index (χ0) is 13.7. The molecule has 2 rings (SSSR count). The molecule has 0 spiro atoms. The predicted octanol–water partition coefficient (Wildman–Crippen LogP) is 2.42. The fourth-order valence-corrected chi connectivity index (χ4v) is 3.10. The van der Waals surface area contributed by atoms with E-state index < -0.39 is 0 Å². The Balaban J connectivity index is 1.61. The Morgan fingerprint density at radius 1 is 1.21 bits per heavy atom. The van der Waals surface area contributed by atoms with Crippen molar-refractivity contribution in [1.29, 1.82) is 0 Å². The lowest BCUT2D eigenvalue weighted by Crippen LogP contribution is -2.48. The van der Waals surface area contributed by atoms with Crippen molar-refractivity contribution in [1.82, 2.24) is 10.6 Å². The Bertz CT molecular complexity index is 305. The van der Waals surface area contributed by atoms with Gasteiger partial charge in [0.2, 0.25) is 0 Å². The summed E-state index contributed by atoms with van der Waals surface area (Å²) in [5, 5.41) is 15.9. The van der Waals surface area contributed by atoms with E-state index in [1.165, 1.54) is 19.3 Å². The molecule has 110 valence electrons. The number of carbonyl (C=O) groups is 1. The molecule has 2 amide bonds. The van der Waals surface area contributed by atoms with E-state index in [0.717, 1.165) is 44.6 Å². The van der Waals surface area contributed by atoms with Crippen LogP contribution in [0.1, 0.15) is 58.3 Å². The highest BCUT2D eigenvalue weighted by molar-refractivity contribution is 5.73. The average molecular weight is 268 g/mol. The SMILES string of the molecule is CC1(CNC(=O)NCCC2CCC2)CCCCC1O.